The molecule has 1 saturated heterocycles. The molecule has 3 unspecified atom stereocenters. The van der Waals surface area contributed by atoms with E-state index in [4.69, 9.17) is 5.11 Å². The predicted octanol–water partition coefficient (Wildman–Crippen LogP) is 0.258. The molecule has 1 rings (SSSR count). The summed E-state index contributed by atoms with van der Waals surface area (Å²) >= 11 is 1.89. The Morgan fingerprint density at radius 2 is 2.29 bits per heavy atom. The summed E-state index contributed by atoms with van der Waals surface area (Å²) in [5.74, 6) is -0.124. The van der Waals surface area contributed by atoms with Gasteiger partial charge in [0.25, 0.3) is 0 Å². The summed E-state index contributed by atoms with van der Waals surface area (Å²) < 4.78 is 0. The summed E-state index contributed by atoms with van der Waals surface area (Å²) in [4.78, 5) is 12.5. The van der Waals surface area contributed by atoms with Crippen molar-refractivity contribution >= 4 is 17.7 Å². The quantitative estimate of drug-likeness (QED) is 0.713. The molecule has 5 heteroatoms. The molecule has 1 aliphatic heterocycles. The molecule has 1 fully saturated rings. The summed E-state index contributed by atoms with van der Waals surface area (Å²) in [6, 6.07) is 0.336. The Balaban J connectivity index is 2.46. The van der Waals surface area contributed by atoms with E-state index in [1.807, 2.05) is 16.7 Å². The minimum atomic E-state index is -1.26. The van der Waals surface area contributed by atoms with Crippen LogP contribution < -0.4 is 0 Å². The number of rotatable bonds is 3. The molecule has 1 aliphatic rings. The lowest BCUT2D eigenvalue weighted by atomic mass is 10.2. The summed E-state index contributed by atoms with van der Waals surface area (Å²) in [5, 5.41) is 18.3. The fraction of sp³-hybridized carbons (Fsp3) is 0.889. The van der Waals surface area contributed by atoms with E-state index in [-0.39, 0.29) is 6.54 Å². The second-order valence-electron chi connectivity index (χ2n) is 3.67. The number of thioether (sulfide) groups is 1. The van der Waals surface area contributed by atoms with Gasteiger partial charge in [-0.05, 0) is 6.92 Å². The first-order valence-corrected chi connectivity index (χ1v) is 5.83. The van der Waals surface area contributed by atoms with Crippen LogP contribution in [0.25, 0.3) is 0 Å². The Kier molecular flexibility index (Phi) is 4.22. The maximum Gasteiger partial charge on any atom is 0.333 e. The number of aliphatic carboxylic acids is 1. The average Bonchev–Trinajstić information content (AvgIpc) is 2.12. The zero-order chi connectivity index (χ0) is 10.7. The maximum atomic E-state index is 10.5. The summed E-state index contributed by atoms with van der Waals surface area (Å²) in [7, 11) is 0. The summed E-state index contributed by atoms with van der Waals surface area (Å²) in [6.07, 6.45) is -1.26. The molecular weight excluding hydrogens is 202 g/mol. The topological polar surface area (TPSA) is 60.8 Å². The van der Waals surface area contributed by atoms with Crippen LogP contribution in [0.1, 0.15) is 13.8 Å². The van der Waals surface area contributed by atoms with Crippen molar-refractivity contribution in [3.8, 4) is 0 Å². The molecule has 1 heterocycles. The van der Waals surface area contributed by atoms with Crippen LogP contribution in [-0.4, -0.2) is 57.3 Å². The van der Waals surface area contributed by atoms with Gasteiger partial charge in [0.1, 0.15) is 0 Å². The highest BCUT2D eigenvalue weighted by Gasteiger charge is 2.28. The Morgan fingerprint density at radius 1 is 1.64 bits per heavy atom. The predicted molar refractivity (Wildman–Crippen MR) is 56.6 cm³/mol. The molecule has 4 nitrogen and oxygen atoms in total. The first-order valence-electron chi connectivity index (χ1n) is 4.79. The lowest BCUT2D eigenvalue weighted by Gasteiger charge is -2.37. The molecular formula is C9H17NO3S. The molecule has 0 aromatic rings. The SMILES string of the molecule is CC1SCCN(CC(O)C(=O)O)C1C. The van der Waals surface area contributed by atoms with Crippen LogP contribution in [0.15, 0.2) is 0 Å². The molecule has 82 valence electrons. The number of β-amino-alcohol motifs (C(OH)–C–C–N with tert-alkyl or cyclic N) is 1. The van der Waals surface area contributed by atoms with E-state index in [1.165, 1.54) is 0 Å². The van der Waals surface area contributed by atoms with Crippen LogP contribution in [0.4, 0.5) is 0 Å². The summed E-state index contributed by atoms with van der Waals surface area (Å²) in [5.41, 5.74) is 0. The van der Waals surface area contributed by atoms with Crippen LogP contribution in [0, 0.1) is 0 Å². The van der Waals surface area contributed by atoms with Crippen molar-refractivity contribution in [2.24, 2.45) is 0 Å². The fourth-order valence-electron chi connectivity index (χ4n) is 1.55. The van der Waals surface area contributed by atoms with Crippen LogP contribution >= 0.6 is 11.8 Å². The van der Waals surface area contributed by atoms with Crippen LogP contribution in [-0.2, 0) is 4.79 Å². The van der Waals surface area contributed by atoms with Gasteiger partial charge in [-0.15, -0.1) is 0 Å². The van der Waals surface area contributed by atoms with Gasteiger partial charge in [0.15, 0.2) is 6.10 Å². The average molecular weight is 219 g/mol. The molecule has 0 amide bonds. The number of carbonyl (C=O) groups is 1. The highest BCUT2D eigenvalue weighted by atomic mass is 32.2. The van der Waals surface area contributed by atoms with Crippen molar-refractivity contribution in [2.45, 2.75) is 31.2 Å². The van der Waals surface area contributed by atoms with Gasteiger partial charge in [0.2, 0.25) is 0 Å². The van der Waals surface area contributed by atoms with E-state index in [1.54, 1.807) is 0 Å². The standard InChI is InChI=1S/C9H17NO3S/c1-6-7(2)14-4-3-10(6)5-8(11)9(12)13/h6-8,11H,3-5H2,1-2H3,(H,12,13). The molecule has 0 bridgehead atoms. The number of hydrogen-bond donors (Lipinski definition) is 2. The highest BCUT2D eigenvalue weighted by molar-refractivity contribution is 8.00. The van der Waals surface area contributed by atoms with Gasteiger partial charge in [0, 0.05) is 30.1 Å². The van der Waals surface area contributed by atoms with Gasteiger partial charge in [-0.2, -0.15) is 11.8 Å². The Bertz CT molecular complexity index is 212. The van der Waals surface area contributed by atoms with Gasteiger partial charge in [-0.25, -0.2) is 4.79 Å². The van der Waals surface area contributed by atoms with Crippen LogP contribution in [0.2, 0.25) is 0 Å². The number of carboxylic acids is 1. The van der Waals surface area contributed by atoms with Crippen molar-refractivity contribution in [3.05, 3.63) is 0 Å². The van der Waals surface area contributed by atoms with Crippen molar-refractivity contribution < 1.29 is 15.0 Å². The molecule has 3 atom stereocenters. The maximum absolute atomic E-state index is 10.5. The third-order valence-electron chi connectivity index (χ3n) is 2.71. The van der Waals surface area contributed by atoms with E-state index < -0.39 is 12.1 Å². The Morgan fingerprint density at radius 3 is 2.86 bits per heavy atom. The van der Waals surface area contributed by atoms with Crippen molar-refractivity contribution in [1.82, 2.24) is 4.90 Å². The second kappa shape index (κ2) is 5.00. The van der Waals surface area contributed by atoms with Gasteiger partial charge in [-0.3, -0.25) is 4.90 Å². The van der Waals surface area contributed by atoms with Crippen molar-refractivity contribution in [3.63, 3.8) is 0 Å². The van der Waals surface area contributed by atoms with Gasteiger partial charge < -0.3 is 10.2 Å². The third-order valence-corrected chi connectivity index (χ3v) is 4.05. The van der Waals surface area contributed by atoms with E-state index in [0.717, 1.165) is 12.3 Å². The number of aliphatic hydroxyl groups excluding tert-OH is 1. The minimum Gasteiger partial charge on any atom is -0.479 e. The number of aliphatic hydroxyl groups is 1. The minimum absolute atomic E-state index is 0.238. The lowest BCUT2D eigenvalue weighted by molar-refractivity contribution is -0.147. The molecule has 0 radical (unpaired) electrons. The Hall–Kier alpha value is -0.260. The van der Waals surface area contributed by atoms with Gasteiger partial charge >= 0.3 is 5.97 Å². The number of carboxylic acid groups (broad SMARTS) is 1. The number of nitrogens with zero attached hydrogens (tertiary/aromatic N) is 1. The molecule has 0 aromatic heterocycles. The zero-order valence-corrected chi connectivity index (χ0v) is 9.33. The largest absolute Gasteiger partial charge is 0.479 e. The van der Waals surface area contributed by atoms with Crippen molar-refractivity contribution in [2.75, 3.05) is 18.8 Å². The van der Waals surface area contributed by atoms with E-state index >= 15 is 0 Å². The van der Waals surface area contributed by atoms with E-state index in [2.05, 4.69) is 13.8 Å². The van der Waals surface area contributed by atoms with E-state index in [9.17, 15) is 9.90 Å². The van der Waals surface area contributed by atoms with Gasteiger partial charge in [-0.1, -0.05) is 6.92 Å². The van der Waals surface area contributed by atoms with Crippen molar-refractivity contribution in [1.29, 1.82) is 0 Å². The first kappa shape index (κ1) is 11.8. The van der Waals surface area contributed by atoms with Gasteiger partial charge in [0.05, 0.1) is 0 Å². The molecule has 14 heavy (non-hydrogen) atoms. The Labute approximate surface area is 88.3 Å². The normalized spacial score (nSPS) is 31.4. The highest BCUT2D eigenvalue weighted by Crippen LogP contribution is 2.24. The summed E-state index contributed by atoms with van der Waals surface area (Å²) in [6.45, 7) is 5.31. The second-order valence-corrected chi connectivity index (χ2v) is 5.15. The lowest BCUT2D eigenvalue weighted by Crippen LogP contribution is -2.49. The van der Waals surface area contributed by atoms with E-state index in [0.29, 0.717) is 11.3 Å². The van der Waals surface area contributed by atoms with Crippen LogP contribution in [0.5, 0.6) is 0 Å². The molecule has 2 N–H and O–H groups in total. The monoisotopic (exact) mass is 219 g/mol. The first-order chi connectivity index (χ1) is 6.52. The molecule has 0 saturated carbocycles. The molecule has 0 aromatic carbocycles. The third kappa shape index (κ3) is 2.87. The molecule has 0 spiro atoms. The number of hydrogen-bond acceptors (Lipinski definition) is 4. The smallest absolute Gasteiger partial charge is 0.333 e. The van der Waals surface area contributed by atoms with Crippen LogP contribution in [0.3, 0.4) is 0 Å². The zero-order valence-electron chi connectivity index (χ0n) is 8.51. The fourth-order valence-corrected chi connectivity index (χ4v) is 2.72. The molecule has 0 aliphatic carbocycles.